The minimum absolute atomic E-state index is 0.384. The quantitative estimate of drug-likeness (QED) is 0.683. The van der Waals surface area contributed by atoms with Crippen molar-refractivity contribution in [2.45, 2.75) is 58.4 Å². The summed E-state index contributed by atoms with van der Waals surface area (Å²) in [7, 11) is 0. The maximum absolute atomic E-state index is 12.5. The van der Waals surface area contributed by atoms with Gasteiger partial charge in [-0.2, -0.15) is 0 Å². The Hall–Kier alpha value is -1.39. The first-order valence-corrected chi connectivity index (χ1v) is 11.4. The molecule has 1 aromatic carbocycles. The maximum Gasteiger partial charge on any atom is 0.222 e. The van der Waals surface area contributed by atoms with Gasteiger partial charge in [0.1, 0.15) is 0 Å². The Kier molecular flexibility index (Phi) is 8.35. The number of piperidine rings is 1. The molecule has 2 saturated heterocycles. The summed E-state index contributed by atoms with van der Waals surface area (Å²) in [6.07, 6.45) is 6.75. The van der Waals surface area contributed by atoms with Crippen molar-refractivity contribution in [3.05, 3.63) is 35.9 Å². The van der Waals surface area contributed by atoms with Gasteiger partial charge in [0.05, 0.1) is 0 Å². The molecule has 1 aromatic rings. The van der Waals surface area contributed by atoms with E-state index < -0.39 is 0 Å². The van der Waals surface area contributed by atoms with Gasteiger partial charge in [0.15, 0.2) is 0 Å². The van der Waals surface area contributed by atoms with Gasteiger partial charge in [0, 0.05) is 38.6 Å². The van der Waals surface area contributed by atoms with Gasteiger partial charge in [-0.05, 0) is 70.1 Å². The smallest absolute Gasteiger partial charge is 0.222 e. The third kappa shape index (κ3) is 6.31. The van der Waals surface area contributed by atoms with Crippen molar-refractivity contribution < 1.29 is 4.79 Å². The normalized spacial score (nSPS) is 21.0. The molecular weight excluding hydrogens is 346 g/mol. The third-order valence-electron chi connectivity index (χ3n) is 6.90. The molecule has 0 radical (unpaired) electrons. The number of nitrogens with zero attached hydrogens (tertiary/aromatic N) is 3. The molecule has 4 nitrogen and oxygen atoms in total. The van der Waals surface area contributed by atoms with Crippen LogP contribution in [0.3, 0.4) is 0 Å². The van der Waals surface area contributed by atoms with E-state index >= 15 is 0 Å². The third-order valence-corrected chi connectivity index (χ3v) is 6.90. The number of piperazine rings is 1. The number of benzene rings is 1. The molecule has 0 aromatic heterocycles. The molecule has 0 N–H and O–H groups in total. The largest absolute Gasteiger partial charge is 0.340 e. The molecule has 1 atom stereocenters. The van der Waals surface area contributed by atoms with E-state index in [1.807, 2.05) is 0 Å². The molecule has 156 valence electrons. The van der Waals surface area contributed by atoms with Crippen molar-refractivity contribution in [1.82, 2.24) is 14.7 Å². The first kappa shape index (κ1) is 21.3. The number of carbonyl (C=O) groups excluding carboxylic acids is 1. The van der Waals surface area contributed by atoms with Gasteiger partial charge in [-0.1, -0.05) is 37.3 Å². The van der Waals surface area contributed by atoms with Crippen LogP contribution in [-0.2, 0) is 11.2 Å². The second kappa shape index (κ2) is 11.0. The zero-order valence-electron chi connectivity index (χ0n) is 18.0. The summed E-state index contributed by atoms with van der Waals surface area (Å²) in [5.41, 5.74) is 1.45. The zero-order valence-corrected chi connectivity index (χ0v) is 18.0. The van der Waals surface area contributed by atoms with Crippen LogP contribution in [0.4, 0.5) is 0 Å². The Balaban J connectivity index is 1.31. The van der Waals surface area contributed by atoms with E-state index in [0.717, 1.165) is 51.5 Å². The summed E-state index contributed by atoms with van der Waals surface area (Å²) in [6.45, 7) is 12.0. The van der Waals surface area contributed by atoms with Crippen LogP contribution in [0.2, 0.25) is 0 Å². The zero-order chi connectivity index (χ0) is 19.8. The molecular formula is C24H39N3O. The number of likely N-dealkylation sites (tertiary alicyclic amines) is 1. The summed E-state index contributed by atoms with van der Waals surface area (Å²) in [5, 5.41) is 0. The predicted octanol–water partition coefficient (Wildman–Crippen LogP) is 3.66. The number of aryl methyl sites for hydroxylation is 1. The van der Waals surface area contributed by atoms with Crippen LogP contribution in [0.5, 0.6) is 0 Å². The van der Waals surface area contributed by atoms with Gasteiger partial charge in [0.2, 0.25) is 5.91 Å². The van der Waals surface area contributed by atoms with Crippen molar-refractivity contribution in [3.8, 4) is 0 Å². The minimum atomic E-state index is 0.384. The number of carbonyl (C=O) groups is 1. The van der Waals surface area contributed by atoms with Crippen molar-refractivity contribution in [1.29, 1.82) is 0 Å². The van der Waals surface area contributed by atoms with E-state index in [1.165, 1.54) is 44.3 Å². The van der Waals surface area contributed by atoms with Crippen LogP contribution in [0.25, 0.3) is 0 Å². The predicted molar refractivity (Wildman–Crippen MR) is 116 cm³/mol. The summed E-state index contributed by atoms with van der Waals surface area (Å²) in [4.78, 5) is 19.7. The molecule has 0 spiro atoms. The number of likely N-dealkylation sites (N-methyl/N-ethyl adjacent to an activating group) is 1. The van der Waals surface area contributed by atoms with Crippen LogP contribution >= 0.6 is 0 Å². The van der Waals surface area contributed by atoms with Gasteiger partial charge in [-0.3, -0.25) is 4.79 Å². The van der Waals surface area contributed by atoms with Gasteiger partial charge in [-0.25, -0.2) is 0 Å². The Morgan fingerprint density at radius 1 is 1.04 bits per heavy atom. The number of rotatable bonds is 8. The molecule has 2 heterocycles. The van der Waals surface area contributed by atoms with Gasteiger partial charge < -0.3 is 14.7 Å². The first-order valence-electron chi connectivity index (χ1n) is 11.4. The highest BCUT2D eigenvalue weighted by atomic mass is 16.2. The lowest BCUT2D eigenvalue weighted by atomic mass is 9.90. The maximum atomic E-state index is 12.5. The standard InChI is InChI=1S/C24H39N3O/c1-3-25-17-19-27(20-18-25)24(28)12-11-23-13-15-26(16-14-23)21(2)9-10-22-7-5-4-6-8-22/h4-8,21,23H,3,9-20H2,1-2H3/t21-/m1/s1. The van der Waals surface area contributed by atoms with Gasteiger partial charge >= 0.3 is 0 Å². The highest BCUT2D eigenvalue weighted by Crippen LogP contribution is 2.25. The first-order chi connectivity index (χ1) is 13.7. The van der Waals surface area contributed by atoms with Crippen LogP contribution in [-0.4, -0.2) is 72.5 Å². The molecule has 2 fully saturated rings. The van der Waals surface area contributed by atoms with Crippen molar-refractivity contribution in [2.24, 2.45) is 5.92 Å². The Labute approximate surface area is 171 Å². The molecule has 0 saturated carbocycles. The summed E-state index contributed by atoms with van der Waals surface area (Å²) < 4.78 is 0. The highest BCUT2D eigenvalue weighted by molar-refractivity contribution is 5.76. The second-order valence-corrected chi connectivity index (χ2v) is 8.71. The minimum Gasteiger partial charge on any atom is -0.340 e. The molecule has 28 heavy (non-hydrogen) atoms. The van der Waals surface area contributed by atoms with Crippen molar-refractivity contribution in [2.75, 3.05) is 45.8 Å². The van der Waals surface area contributed by atoms with E-state index in [1.54, 1.807) is 0 Å². The molecule has 2 aliphatic rings. The van der Waals surface area contributed by atoms with Crippen molar-refractivity contribution >= 4 is 5.91 Å². The number of hydrogen-bond acceptors (Lipinski definition) is 3. The summed E-state index contributed by atoms with van der Waals surface area (Å²) in [5.74, 6) is 1.12. The molecule has 1 amide bonds. The molecule has 3 rings (SSSR count). The lowest BCUT2D eigenvalue weighted by Crippen LogP contribution is -2.48. The van der Waals surface area contributed by atoms with Gasteiger partial charge in [0.25, 0.3) is 0 Å². The van der Waals surface area contributed by atoms with Crippen LogP contribution in [0.15, 0.2) is 30.3 Å². The van der Waals surface area contributed by atoms with Crippen LogP contribution in [0, 0.1) is 5.92 Å². The number of hydrogen-bond donors (Lipinski definition) is 0. The van der Waals surface area contributed by atoms with Crippen molar-refractivity contribution in [3.63, 3.8) is 0 Å². The molecule has 2 aliphatic heterocycles. The summed E-state index contributed by atoms with van der Waals surface area (Å²) in [6, 6.07) is 11.5. The topological polar surface area (TPSA) is 26.8 Å². The summed E-state index contributed by atoms with van der Waals surface area (Å²) >= 11 is 0. The van der Waals surface area contributed by atoms with E-state index in [2.05, 4.69) is 58.9 Å². The van der Waals surface area contributed by atoms with E-state index in [9.17, 15) is 4.79 Å². The Bertz CT molecular complexity index is 575. The fourth-order valence-electron chi connectivity index (χ4n) is 4.68. The van der Waals surface area contributed by atoms with E-state index in [-0.39, 0.29) is 0 Å². The highest BCUT2D eigenvalue weighted by Gasteiger charge is 2.25. The fourth-order valence-corrected chi connectivity index (χ4v) is 4.68. The van der Waals surface area contributed by atoms with Gasteiger partial charge in [-0.15, -0.1) is 0 Å². The monoisotopic (exact) mass is 385 g/mol. The average Bonchev–Trinajstić information content (AvgIpc) is 2.77. The second-order valence-electron chi connectivity index (χ2n) is 8.71. The molecule has 0 aliphatic carbocycles. The SMILES string of the molecule is CCN1CCN(C(=O)CCC2CCN([C@H](C)CCc3ccccc3)CC2)CC1. The van der Waals surface area contributed by atoms with Crippen LogP contribution < -0.4 is 0 Å². The van der Waals surface area contributed by atoms with Crippen LogP contribution in [0.1, 0.15) is 51.5 Å². The molecule has 0 bridgehead atoms. The Morgan fingerprint density at radius 2 is 1.71 bits per heavy atom. The lowest BCUT2D eigenvalue weighted by molar-refractivity contribution is -0.133. The Morgan fingerprint density at radius 3 is 2.36 bits per heavy atom. The average molecular weight is 386 g/mol. The number of amides is 1. The fraction of sp³-hybridized carbons (Fsp3) is 0.708. The molecule has 4 heteroatoms. The van der Waals surface area contributed by atoms with E-state index in [4.69, 9.17) is 0 Å². The van der Waals surface area contributed by atoms with E-state index in [0.29, 0.717) is 11.9 Å². The lowest BCUT2D eigenvalue weighted by Gasteiger charge is -2.37. The molecule has 0 unspecified atom stereocenters.